The molecule has 1 aromatic heterocycles. The Hall–Kier alpha value is -1.93. The maximum Gasteiger partial charge on any atom is 0.422 e. The first kappa shape index (κ1) is 13.5. The van der Waals surface area contributed by atoms with Crippen molar-refractivity contribution in [3.63, 3.8) is 0 Å². The van der Waals surface area contributed by atoms with E-state index in [1.807, 2.05) is 10.8 Å². The minimum atomic E-state index is -4.38. The van der Waals surface area contributed by atoms with Crippen molar-refractivity contribution in [3.8, 4) is 29.2 Å². The standard InChI is InChI=1S/C14H9F3OS/c1-2-10-4-3-5-12(18-9-14(15,16)17)13(10)11-6-7-19-8-11/h1,3-8H,9H2. The first-order chi connectivity index (χ1) is 9.01. The van der Waals surface area contributed by atoms with Crippen LogP contribution in [0.1, 0.15) is 5.56 Å². The Labute approximate surface area is 112 Å². The molecule has 0 aliphatic rings. The van der Waals surface area contributed by atoms with Crippen molar-refractivity contribution in [2.45, 2.75) is 6.18 Å². The van der Waals surface area contributed by atoms with Gasteiger partial charge in [0.15, 0.2) is 6.61 Å². The number of rotatable bonds is 3. The highest BCUT2D eigenvalue weighted by molar-refractivity contribution is 7.08. The number of terminal acetylenes is 1. The number of ether oxygens (including phenoxy) is 1. The Morgan fingerprint density at radius 2 is 2.05 bits per heavy atom. The van der Waals surface area contributed by atoms with Crippen LogP contribution >= 0.6 is 11.3 Å². The topological polar surface area (TPSA) is 9.23 Å². The van der Waals surface area contributed by atoms with Crippen molar-refractivity contribution in [1.82, 2.24) is 0 Å². The molecule has 1 nitrogen and oxygen atoms in total. The molecule has 0 radical (unpaired) electrons. The fourth-order valence-electron chi connectivity index (χ4n) is 1.64. The zero-order chi connectivity index (χ0) is 13.9. The lowest BCUT2D eigenvalue weighted by Crippen LogP contribution is -2.19. The number of benzene rings is 1. The highest BCUT2D eigenvalue weighted by Gasteiger charge is 2.29. The molecule has 0 aliphatic carbocycles. The third kappa shape index (κ3) is 3.30. The Morgan fingerprint density at radius 1 is 1.26 bits per heavy atom. The molecule has 0 spiro atoms. The van der Waals surface area contributed by atoms with Gasteiger partial charge in [-0.1, -0.05) is 12.0 Å². The molecule has 2 rings (SSSR count). The van der Waals surface area contributed by atoms with Crippen LogP contribution in [0.3, 0.4) is 0 Å². The molecule has 19 heavy (non-hydrogen) atoms. The zero-order valence-electron chi connectivity index (χ0n) is 9.70. The average molecular weight is 282 g/mol. The van der Waals surface area contributed by atoms with Gasteiger partial charge < -0.3 is 4.74 Å². The van der Waals surface area contributed by atoms with Gasteiger partial charge in [-0.25, -0.2) is 0 Å². The smallest absolute Gasteiger partial charge is 0.422 e. The monoisotopic (exact) mass is 282 g/mol. The number of thiophene rings is 1. The van der Waals surface area contributed by atoms with Gasteiger partial charge in [0.05, 0.1) is 0 Å². The van der Waals surface area contributed by atoms with Crippen LogP contribution in [0, 0.1) is 12.3 Å². The van der Waals surface area contributed by atoms with Gasteiger partial charge >= 0.3 is 6.18 Å². The molecule has 5 heteroatoms. The van der Waals surface area contributed by atoms with Crippen molar-refractivity contribution >= 4 is 11.3 Å². The Kier molecular flexibility index (Phi) is 3.82. The highest BCUT2D eigenvalue weighted by atomic mass is 32.1. The summed E-state index contributed by atoms with van der Waals surface area (Å²) in [6.07, 6.45) is 1.01. The van der Waals surface area contributed by atoms with E-state index in [1.54, 1.807) is 18.2 Å². The minimum Gasteiger partial charge on any atom is -0.483 e. The molecule has 98 valence electrons. The molecule has 1 heterocycles. The van der Waals surface area contributed by atoms with Crippen molar-refractivity contribution in [1.29, 1.82) is 0 Å². The molecule has 0 aliphatic heterocycles. The number of alkyl halides is 3. The Balaban J connectivity index is 2.41. The summed E-state index contributed by atoms with van der Waals surface area (Å²) in [5.41, 5.74) is 1.80. The fourth-order valence-corrected chi connectivity index (χ4v) is 2.28. The maximum absolute atomic E-state index is 12.2. The van der Waals surface area contributed by atoms with Gasteiger partial charge in [0, 0.05) is 11.1 Å². The minimum absolute atomic E-state index is 0.145. The zero-order valence-corrected chi connectivity index (χ0v) is 10.5. The predicted octanol–water partition coefficient (Wildman–Crippen LogP) is 4.34. The van der Waals surface area contributed by atoms with Gasteiger partial charge in [-0.3, -0.25) is 0 Å². The molecule has 0 N–H and O–H groups in total. The van der Waals surface area contributed by atoms with Crippen LogP contribution in [-0.4, -0.2) is 12.8 Å². The van der Waals surface area contributed by atoms with Crippen LogP contribution in [0.15, 0.2) is 35.0 Å². The molecule has 0 unspecified atom stereocenters. The van der Waals surface area contributed by atoms with Gasteiger partial charge in [0.25, 0.3) is 0 Å². The second-order valence-corrected chi connectivity index (χ2v) is 4.52. The Bertz CT molecular complexity index is 594. The summed E-state index contributed by atoms with van der Waals surface area (Å²) in [6, 6.07) is 6.53. The lowest BCUT2D eigenvalue weighted by molar-refractivity contribution is -0.153. The molecular weight excluding hydrogens is 273 g/mol. The van der Waals surface area contributed by atoms with Crippen molar-refractivity contribution < 1.29 is 17.9 Å². The first-order valence-electron chi connectivity index (χ1n) is 5.33. The molecule has 0 saturated heterocycles. The van der Waals surface area contributed by atoms with E-state index in [4.69, 9.17) is 11.2 Å². The summed E-state index contributed by atoms with van der Waals surface area (Å²) in [4.78, 5) is 0. The third-order valence-corrected chi connectivity index (χ3v) is 3.07. The normalized spacial score (nSPS) is 11.1. The van der Waals surface area contributed by atoms with E-state index in [-0.39, 0.29) is 5.75 Å². The molecule has 2 aromatic rings. The van der Waals surface area contributed by atoms with Crippen LogP contribution in [0.2, 0.25) is 0 Å². The molecule has 1 aromatic carbocycles. The predicted molar refractivity (Wildman–Crippen MR) is 69.2 cm³/mol. The van der Waals surface area contributed by atoms with Crippen LogP contribution in [0.5, 0.6) is 5.75 Å². The van der Waals surface area contributed by atoms with E-state index in [0.717, 1.165) is 5.56 Å². The third-order valence-electron chi connectivity index (χ3n) is 2.38. The molecule has 0 saturated carbocycles. The van der Waals surface area contributed by atoms with Crippen molar-refractivity contribution in [2.75, 3.05) is 6.61 Å². The van der Waals surface area contributed by atoms with Gasteiger partial charge in [-0.2, -0.15) is 24.5 Å². The summed E-state index contributed by atoms with van der Waals surface area (Å²) in [5, 5.41) is 3.65. The van der Waals surface area contributed by atoms with E-state index >= 15 is 0 Å². The second kappa shape index (κ2) is 5.37. The summed E-state index contributed by atoms with van der Waals surface area (Å²) in [7, 11) is 0. The van der Waals surface area contributed by atoms with Crippen molar-refractivity contribution in [3.05, 3.63) is 40.6 Å². The van der Waals surface area contributed by atoms with E-state index < -0.39 is 12.8 Å². The number of hydrogen-bond donors (Lipinski definition) is 0. The fraction of sp³-hybridized carbons (Fsp3) is 0.143. The second-order valence-electron chi connectivity index (χ2n) is 3.74. The van der Waals surface area contributed by atoms with Gasteiger partial charge in [-0.15, -0.1) is 6.42 Å². The van der Waals surface area contributed by atoms with Gasteiger partial charge in [0.2, 0.25) is 0 Å². The molecular formula is C14H9F3OS. The average Bonchev–Trinajstić information content (AvgIpc) is 2.88. The Morgan fingerprint density at radius 3 is 2.63 bits per heavy atom. The highest BCUT2D eigenvalue weighted by Crippen LogP contribution is 2.35. The summed E-state index contributed by atoms with van der Waals surface area (Å²) in [5.74, 6) is 2.61. The first-order valence-corrected chi connectivity index (χ1v) is 6.27. The number of hydrogen-bond acceptors (Lipinski definition) is 2. The van der Waals surface area contributed by atoms with Crippen molar-refractivity contribution in [2.24, 2.45) is 0 Å². The summed E-state index contributed by atoms with van der Waals surface area (Å²) >= 11 is 1.44. The SMILES string of the molecule is C#Cc1cccc(OCC(F)(F)F)c1-c1ccsc1. The van der Waals surface area contributed by atoms with Gasteiger partial charge in [0.1, 0.15) is 5.75 Å². The maximum atomic E-state index is 12.2. The largest absolute Gasteiger partial charge is 0.483 e. The lowest BCUT2D eigenvalue weighted by atomic mass is 10.0. The molecule has 0 atom stereocenters. The quantitative estimate of drug-likeness (QED) is 0.761. The van der Waals surface area contributed by atoms with Crippen LogP contribution in [0.4, 0.5) is 13.2 Å². The number of halogens is 3. The van der Waals surface area contributed by atoms with Crippen LogP contribution < -0.4 is 4.74 Å². The molecule has 0 amide bonds. The van der Waals surface area contributed by atoms with Crippen LogP contribution in [-0.2, 0) is 0 Å². The van der Waals surface area contributed by atoms with E-state index in [2.05, 4.69) is 5.92 Å². The van der Waals surface area contributed by atoms with Crippen LogP contribution in [0.25, 0.3) is 11.1 Å². The summed E-state index contributed by atoms with van der Waals surface area (Å²) < 4.78 is 41.6. The van der Waals surface area contributed by atoms with E-state index in [9.17, 15) is 13.2 Å². The molecule has 0 bridgehead atoms. The van der Waals surface area contributed by atoms with E-state index in [0.29, 0.717) is 11.1 Å². The van der Waals surface area contributed by atoms with Gasteiger partial charge in [-0.05, 0) is 34.5 Å². The lowest BCUT2D eigenvalue weighted by Gasteiger charge is -2.14. The van der Waals surface area contributed by atoms with E-state index in [1.165, 1.54) is 17.4 Å². The molecule has 0 fully saturated rings. The summed E-state index contributed by atoms with van der Waals surface area (Å²) in [6.45, 7) is -1.34.